The number of aromatic nitrogens is 2. The van der Waals surface area contributed by atoms with Crippen LogP contribution in [0.25, 0.3) is 0 Å². The van der Waals surface area contributed by atoms with Crippen molar-refractivity contribution >= 4 is 23.0 Å². The highest BCUT2D eigenvalue weighted by molar-refractivity contribution is 5.91. The first-order valence-electron chi connectivity index (χ1n) is 7.25. The van der Waals surface area contributed by atoms with Crippen LogP contribution < -0.4 is 5.32 Å². The SMILES string of the molecule is Cc1c([N+](=O)[O-])cc(NC(=O)Cn2nc(C(F)(F)F)cc2C)cc1[N+](=O)[O-]. The second-order valence-corrected chi connectivity index (χ2v) is 5.53. The molecule has 1 amide bonds. The van der Waals surface area contributed by atoms with Crippen LogP contribution in [0, 0.1) is 34.1 Å². The Morgan fingerprint density at radius 2 is 1.67 bits per heavy atom. The monoisotopic (exact) mass is 387 g/mol. The third-order valence-corrected chi connectivity index (χ3v) is 3.60. The van der Waals surface area contributed by atoms with Gasteiger partial charge in [-0.2, -0.15) is 18.3 Å². The van der Waals surface area contributed by atoms with Crippen molar-refractivity contribution in [2.75, 3.05) is 5.32 Å². The van der Waals surface area contributed by atoms with Crippen LogP contribution in [0.15, 0.2) is 18.2 Å². The van der Waals surface area contributed by atoms with E-state index < -0.39 is 45.5 Å². The molecule has 0 unspecified atom stereocenters. The van der Waals surface area contributed by atoms with Crippen LogP contribution in [0.5, 0.6) is 0 Å². The molecule has 0 bridgehead atoms. The first kappa shape index (κ1) is 19.8. The number of nitro benzene ring substituents is 2. The number of benzene rings is 1. The van der Waals surface area contributed by atoms with Crippen molar-refractivity contribution in [3.05, 3.63) is 55.4 Å². The van der Waals surface area contributed by atoms with Gasteiger partial charge >= 0.3 is 6.18 Å². The van der Waals surface area contributed by atoms with Gasteiger partial charge in [0.05, 0.1) is 15.5 Å². The van der Waals surface area contributed by atoms with Gasteiger partial charge in [0.2, 0.25) is 5.91 Å². The highest BCUT2D eigenvalue weighted by atomic mass is 19.4. The molecule has 2 aromatic rings. The Balaban J connectivity index is 2.27. The van der Waals surface area contributed by atoms with Crippen LogP contribution >= 0.6 is 0 Å². The first-order chi connectivity index (χ1) is 12.4. The fraction of sp³-hybridized carbons (Fsp3) is 0.286. The molecule has 1 aromatic heterocycles. The minimum atomic E-state index is -4.68. The van der Waals surface area contributed by atoms with Gasteiger partial charge < -0.3 is 5.32 Å². The van der Waals surface area contributed by atoms with Crippen molar-refractivity contribution in [1.82, 2.24) is 9.78 Å². The van der Waals surface area contributed by atoms with E-state index in [1.54, 1.807) is 0 Å². The predicted octanol–water partition coefficient (Wildman–Crippen LogP) is 2.97. The van der Waals surface area contributed by atoms with Crippen LogP contribution in [0.3, 0.4) is 0 Å². The zero-order valence-electron chi connectivity index (χ0n) is 13.9. The molecular weight excluding hydrogens is 375 g/mol. The second kappa shape index (κ2) is 7.01. The van der Waals surface area contributed by atoms with Gasteiger partial charge in [-0.05, 0) is 19.9 Å². The summed E-state index contributed by atoms with van der Waals surface area (Å²) in [6.07, 6.45) is -4.68. The van der Waals surface area contributed by atoms with E-state index in [1.165, 1.54) is 13.8 Å². The molecule has 13 heteroatoms. The predicted molar refractivity (Wildman–Crippen MR) is 85.1 cm³/mol. The maximum Gasteiger partial charge on any atom is 0.435 e. The van der Waals surface area contributed by atoms with Crippen molar-refractivity contribution in [1.29, 1.82) is 0 Å². The Kier molecular flexibility index (Phi) is 5.14. The van der Waals surface area contributed by atoms with E-state index in [9.17, 15) is 38.2 Å². The van der Waals surface area contributed by atoms with E-state index >= 15 is 0 Å². The summed E-state index contributed by atoms with van der Waals surface area (Å²) in [5.41, 5.74) is -2.68. The van der Waals surface area contributed by atoms with Gasteiger partial charge in [0.1, 0.15) is 12.1 Å². The maximum atomic E-state index is 12.6. The number of nitro groups is 2. The third kappa shape index (κ3) is 4.37. The molecule has 0 saturated heterocycles. The minimum absolute atomic E-state index is 0.0679. The lowest BCUT2D eigenvalue weighted by Crippen LogP contribution is -2.21. The number of hydrogen-bond donors (Lipinski definition) is 1. The van der Waals surface area contributed by atoms with Crippen molar-refractivity contribution in [3.63, 3.8) is 0 Å². The van der Waals surface area contributed by atoms with Crippen molar-refractivity contribution in [2.45, 2.75) is 26.6 Å². The Bertz CT molecular complexity index is 903. The minimum Gasteiger partial charge on any atom is -0.324 e. The van der Waals surface area contributed by atoms with Crippen molar-refractivity contribution < 1.29 is 27.8 Å². The zero-order chi connectivity index (χ0) is 20.5. The Morgan fingerprint density at radius 3 is 2.07 bits per heavy atom. The lowest BCUT2D eigenvalue weighted by molar-refractivity contribution is -0.395. The molecule has 0 aliphatic carbocycles. The smallest absolute Gasteiger partial charge is 0.324 e. The number of hydrogen-bond acceptors (Lipinski definition) is 6. The maximum absolute atomic E-state index is 12.6. The molecule has 2 rings (SSSR count). The summed E-state index contributed by atoms with van der Waals surface area (Å²) in [6, 6.07) is 2.61. The molecule has 1 aromatic carbocycles. The largest absolute Gasteiger partial charge is 0.435 e. The van der Waals surface area contributed by atoms with E-state index in [-0.39, 0.29) is 16.9 Å². The molecule has 0 aliphatic rings. The molecule has 0 atom stereocenters. The quantitative estimate of drug-likeness (QED) is 0.619. The number of anilines is 1. The molecule has 0 fully saturated rings. The van der Waals surface area contributed by atoms with E-state index in [4.69, 9.17) is 0 Å². The Morgan fingerprint density at radius 1 is 1.15 bits per heavy atom. The van der Waals surface area contributed by atoms with E-state index in [1.807, 2.05) is 0 Å². The molecule has 1 N–H and O–H groups in total. The molecule has 27 heavy (non-hydrogen) atoms. The third-order valence-electron chi connectivity index (χ3n) is 3.60. The molecule has 1 heterocycles. The van der Waals surface area contributed by atoms with Gasteiger partial charge in [-0.3, -0.25) is 29.7 Å². The summed E-state index contributed by atoms with van der Waals surface area (Å²) in [6.45, 7) is 1.89. The zero-order valence-corrected chi connectivity index (χ0v) is 13.9. The molecule has 0 saturated carbocycles. The molecule has 0 radical (unpaired) electrons. The number of aryl methyl sites for hydroxylation is 1. The molecule has 144 valence electrons. The lowest BCUT2D eigenvalue weighted by Gasteiger charge is -2.08. The number of carbonyl (C=O) groups excluding carboxylic acids is 1. The molecule has 0 spiro atoms. The number of nitrogens with zero attached hydrogens (tertiary/aromatic N) is 4. The lowest BCUT2D eigenvalue weighted by atomic mass is 10.1. The van der Waals surface area contributed by atoms with E-state index in [2.05, 4.69) is 10.4 Å². The van der Waals surface area contributed by atoms with Gasteiger partial charge in [0, 0.05) is 17.8 Å². The van der Waals surface area contributed by atoms with Gasteiger partial charge in [0.15, 0.2) is 5.69 Å². The van der Waals surface area contributed by atoms with Gasteiger partial charge in [0.25, 0.3) is 11.4 Å². The fourth-order valence-corrected chi connectivity index (χ4v) is 2.28. The molecule has 10 nitrogen and oxygen atoms in total. The van der Waals surface area contributed by atoms with Crippen molar-refractivity contribution in [2.24, 2.45) is 0 Å². The fourth-order valence-electron chi connectivity index (χ4n) is 2.28. The second-order valence-electron chi connectivity index (χ2n) is 5.53. The Hall–Kier alpha value is -3.51. The molecule has 0 aliphatic heterocycles. The highest BCUT2D eigenvalue weighted by Crippen LogP contribution is 2.32. The average Bonchev–Trinajstić information content (AvgIpc) is 2.89. The van der Waals surface area contributed by atoms with Gasteiger partial charge in [-0.25, -0.2) is 0 Å². The number of amides is 1. The normalized spacial score (nSPS) is 11.3. The number of carbonyl (C=O) groups is 1. The summed E-state index contributed by atoms with van der Waals surface area (Å²) >= 11 is 0. The highest BCUT2D eigenvalue weighted by Gasteiger charge is 2.34. The number of nitrogens with one attached hydrogen (secondary N) is 1. The Labute approximate surface area is 148 Å². The average molecular weight is 387 g/mol. The molecular formula is C14H12F3N5O5. The van der Waals surface area contributed by atoms with Crippen LogP contribution in [0.2, 0.25) is 0 Å². The van der Waals surface area contributed by atoms with Crippen LogP contribution in [-0.2, 0) is 17.5 Å². The topological polar surface area (TPSA) is 133 Å². The first-order valence-corrected chi connectivity index (χ1v) is 7.25. The van der Waals surface area contributed by atoms with Crippen LogP contribution in [0.1, 0.15) is 17.0 Å². The summed E-state index contributed by atoms with van der Waals surface area (Å²) < 4.78 is 38.7. The van der Waals surface area contributed by atoms with E-state index in [0.717, 1.165) is 22.9 Å². The van der Waals surface area contributed by atoms with Crippen molar-refractivity contribution in [3.8, 4) is 0 Å². The van der Waals surface area contributed by atoms with E-state index in [0.29, 0.717) is 0 Å². The summed E-state index contributed by atoms with van der Waals surface area (Å²) in [4.78, 5) is 32.4. The standard InChI is InChI=1S/C14H12F3N5O5/c1-7-3-12(14(15,16)17)19-20(7)6-13(23)18-9-4-10(21(24)25)8(2)11(5-9)22(26)27/h3-5H,6H2,1-2H3,(H,18,23). The van der Waals surface area contributed by atoms with Crippen LogP contribution in [0.4, 0.5) is 30.2 Å². The van der Waals surface area contributed by atoms with Crippen LogP contribution in [-0.4, -0.2) is 25.5 Å². The number of rotatable bonds is 5. The summed E-state index contributed by atoms with van der Waals surface area (Å²) in [7, 11) is 0. The number of alkyl halides is 3. The summed E-state index contributed by atoms with van der Waals surface area (Å²) in [5, 5.41) is 27.5. The number of halogens is 3. The van der Waals surface area contributed by atoms with Gasteiger partial charge in [-0.15, -0.1) is 0 Å². The summed E-state index contributed by atoms with van der Waals surface area (Å²) in [5.74, 6) is -0.859. The van der Waals surface area contributed by atoms with Gasteiger partial charge in [-0.1, -0.05) is 0 Å².